The van der Waals surface area contributed by atoms with Crippen molar-refractivity contribution in [2.75, 3.05) is 4.90 Å². The highest BCUT2D eigenvalue weighted by Crippen LogP contribution is 2.43. The van der Waals surface area contributed by atoms with E-state index in [1.165, 1.54) is 6.07 Å². The fourth-order valence-corrected chi connectivity index (χ4v) is 3.17. The first-order chi connectivity index (χ1) is 9.95. The monoisotopic (exact) mass is 310 g/mol. The van der Waals surface area contributed by atoms with Crippen molar-refractivity contribution in [2.24, 2.45) is 5.41 Å². The number of carbonyl (C=O) groups is 3. The molecule has 0 bridgehead atoms. The zero-order chi connectivity index (χ0) is 15.2. The molecule has 1 aromatic carbocycles. The Balaban J connectivity index is 2.09. The predicted octanol–water partition coefficient (Wildman–Crippen LogP) is 2.62. The first-order valence-corrected chi connectivity index (χ1v) is 6.98. The SMILES string of the molecule is O=C1NC(=O)C2(CCCC2)C(=O)N1c1cc(F)ccc1Cl. The van der Waals surface area contributed by atoms with Crippen molar-refractivity contribution >= 4 is 35.1 Å². The minimum Gasteiger partial charge on any atom is -0.276 e. The van der Waals surface area contributed by atoms with Crippen LogP contribution in [0.3, 0.4) is 0 Å². The van der Waals surface area contributed by atoms with Crippen LogP contribution in [0.25, 0.3) is 0 Å². The predicted molar refractivity (Wildman–Crippen MR) is 73.3 cm³/mol. The molecular weight excluding hydrogens is 299 g/mol. The summed E-state index contributed by atoms with van der Waals surface area (Å²) in [7, 11) is 0. The van der Waals surface area contributed by atoms with Gasteiger partial charge in [-0.3, -0.25) is 14.9 Å². The van der Waals surface area contributed by atoms with Crippen LogP contribution in [-0.2, 0) is 9.59 Å². The van der Waals surface area contributed by atoms with E-state index >= 15 is 0 Å². The van der Waals surface area contributed by atoms with Crippen molar-refractivity contribution in [1.82, 2.24) is 5.32 Å². The van der Waals surface area contributed by atoms with E-state index in [2.05, 4.69) is 5.32 Å². The lowest BCUT2D eigenvalue weighted by atomic mass is 9.82. The maximum atomic E-state index is 13.4. The first-order valence-electron chi connectivity index (χ1n) is 6.61. The second-order valence-corrected chi connectivity index (χ2v) is 5.69. The zero-order valence-corrected chi connectivity index (χ0v) is 11.7. The van der Waals surface area contributed by atoms with Crippen LogP contribution in [0, 0.1) is 11.2 Å². The Kier molecular flexibility index (Phi) is 3.20. The molecule has 1 saturated heterocycles. The highest BCUT2D eigenvalue weighted by molar-refractivity contribution is 6.37. The number of hydrogen-bond acceptors (Lipinski definition) is 3. The van der Waals surface area contributed by atoms with Gasteiger partial charge in [-0.2, -0.15) is 0 Å². The molecule has 1 N–H and O–H groups in total. The molecule has 1 heterocycles. The minimum atomic E-state index is -1.23. The number of hydrogen-bond donors (Lipinski definition) is 1. The molecule has 0 unspecified atom stereocenters. The maximum absolute atomic E-state index is 13.4. The summed E-state index contributed by atoms with van der Waals surface area (Å²) in [6.45, 7) is 0. The van der Waals surface area contributed by atoms with Gasteiger partial charge >= 0.3 is 6.03 Å². The number of rotatable bonds is 1. The van der Waals surface area contributed by atoms with Gasteiger partial charge in [-0.15, -0.1) is 0 Å². The molecule has 5 nitrogen and oxygen atoms in total. The molecule has 3 rings (SSSR count). The number of nitrogens with zero attached hydrogens (tertiary/aromatic N) is 1. The Bertz CT molecular complexity index is 656. The third-order valence-electron chi connectivity index (χ3n) is 4.08. The van der Waals surface area contributed by atoms with Gasteiger partial charge in [0.05, 0.1) is 10.7 Å². The maximum Gasteiger partial charge on any atom is 0.335 e. The van der Waals surface area contributed by atoms with E-state index < -0.39 is 29.1 Å². The summed E-state index contributed by atoms with van der Waals surface area (Å²) in [5.74, 6) is -1.81. The summed E-state index contributed by atoms with van der Waals surface area (Å²) in [6.07, 6.45) is 2.24. The third-order valence-corrected chi connectivity index (χ3v) is 4.40. The summed E-state index contributed by atoms with van der Waals surface area (Å²) in [5.41, 5.74) is -1.28. The largest absolute Gasteiger partial charge is 0.335 e. The van der Waals surface area contributed by atoms with Gasteiger partial charge in [0.1, 0.15) is 11.2 Å². The van der Waals surface area contributed by atoms with E-state index in [0.717, 1.165) is 29.9 Å². The van der Waals surface area contributed by atoms with Crippen LogP contribution in [0.5, 0.6) is 0 Å². The van der Waals surface area contributed by atoms with Crippen molar-refractivity contribution in [3.05, 3.63) is 29.0 Å². The topological polar surface area (TPSA) is 66.5 Å². The molecule has 4 amide bonds. The zero-order valence-electron chi connectivity index (χ0n) is 11.0. The number of barbiturate groups is 1. The number of benzene rings is 1. The Labute approximate surface area is 125 Å². The fourth-order valence-electron chi connectivity index (χ4n) is 2.97. The fraction of sp³-hybridized carbons (Fsp3) is 0.357. The van der Waals surface area contributed by atoms with Crippen LogP contribution in [0.1, 0.15) is 25.7 Å². The molecule has 0 atom stereocenters. The molecule has 2 aliphatic rings. The van der Waals surface area contributed by atoms with Crippen molar-refractivity contribution < 1.29 is 18.8 Å². The number of nitrogens with one attached hydrogen (secondary N) is 1. The Morgan fingerprint density at radius 3 is 2.52 bits per heavy atom. The van der Waals surface area contributed by atoms with Crippen molar-refractivity contribution in [2.45, 2.75) is 25.7 Å². The molecule has 2 fully saturated rings. The van der Waals surface area contributed by atoms with Crippen LogP contribution in [0.4, 0.5) is 14.9 Å². The molecule has 21 heavy (non-hydrogen) atoms. The molecule has 1 aliphatic carbocycles. The van der Waals surface area contributed by atoms with Gasteiger partial charge in [0.25, 0.3) is 5.91 Å². The lowest BCUT2D eigenvalue weighted by molar-refractivity contribution is -0.142. The number of carbonyl (C=O) groups excluding carboxylic acids is 3. The van der Waals surface area contributed by atoms with Crippen molar-refractivity contribution in [3.8, 4) is 0 Å². The van der Waals surface area contributed by atoms with Crippen molar-refractivity contribution in [3.63, 3.8) is 0 Å². The second-order valence-electron chi connectivity index (χ2n) is 5.28. The average Bonchev–Trinajstić information content (AvgIpc) is 2.92. The Morgan fingerprint density at radius 1 is 1.19 bits per heavy atom. The standard InChI is InChI=1S/C14H12ClFN2O3/c15-9-4-3-8(16)7-10(9)18-12(20)14(5-1-2-6-14)11(19)17-13(18)21/h3-4,7H,1-2,5-6H2,(H,17,19,21). The van der Waals surface area contributed by atoms with Gasteiger partial charge in [0.2, 0.25) is 5.91 Å². The quantitative estimate of drug-likeness (QED) is 0.811. The molecule has 0 aromatic heterocycles. The summed E-state index contributed by atoms with van der Waals surface area (Å²) >= 11 is 5.97. The van der Waals surface area contributed by atoms with Crippen molar-refractivity contribution in [1.29, 1.82) is 0 Å². The van der Waals surface area contributed by atoms with E-state index in [1.807, 2.05) is 0 Å². The minimum absolute atomic E-state index is 0.0436. The van der Waals surface area contributed by atoms with Gasteiger partial charge < -0.3 is 0 Å². The molecule has 1 saturated carbocycles. The number of anilines is 1. The highest BCUT2D eigenvalue weighted by atomic mass is 35.5. The van der Waals surface area contributed by atoms with Gasteiger partial charge in [-0.25, -0.2) is 14.1 Å². The lowest BCUT2D eigenvalue weighted by Crippen LogP contribution is -2.63. The smallest absolute Gasteiger partial charge is 0.276 e. The van der Waals surface area contributed by atoms with E-state index in [9.17, 15) is 18.8 Å². The van der Waals surface area contributed by atoms with E-state index in [4.69, 9.17) is 11.6 Å². The Morgan fingerprint density at radius 2 is 1.86 bits per heavy atom. The van der Waals surface area contributed by atoms with Crippen LogP contribution in [-0.4, -0.2) is 17.8 Å². The number of urea groups is 1. The summed E-state index contributed by atoms with van der Waals surface area (Å²) < 4.78 is 13.4. The molecule has 1 spiro atoms. The third kappa shape index (κ3) is 2.01. The van der Waals surface area contributed by atoms with Crippen LogP contribution in [0.15, 0.2) is 18.2 Å². The van der Waals surface area contributed by atoms with Gasteiger partial charge in [0, 0.05) is 0 Å². The summed E-state index contributed by atoms with van der Waals surface area (Å²) in [4.78, 5) is 37.6. The van der Waals surface area contributed by atoms with Gasteiger partial charge in [0.15, 0.2) is 0 Å². The van der Waals surface area contributed by atoms with E-state index in [0.29, 0.717) is 12.8 Å². The number of amides is 4. The number of imide groups is 2. The van der Waals surface area contributed by atoms with Gasteiger partial charge in [-0.1, -0.05) is 24.4 Å². The first kappa shape index (κ1) is 14.0. The lowest BCUT2D eigenvalue weighted by Gasteiger charge is -2.36. The molecule has 0 radical (unpaired) electrons. The Hall–Kier alpha value is -1.95. The van der Waals surface area contributed by atoms with Crippen LogP contribution >= 0.6 is 11.6 Å². The summed E-state index contributed by atoms with van der Waals surface area (Å²) in [5, 5.41) is 2.26. The molecule has 7 heteroatoms. The molecule has 1 aliphatic heterocycles. The number of halogens is 2. The highest BCUT2D eigenvalue weighted by Gasteiger charge is 2.55. The molecule has 110 valence electrons. The van der Waals surface area contributed by atoms with Crippen LogP contribution < -0.4 is 10.2 Å². The second kappa shape index (κ2) is 4.80. The molecular formula is C14H12ClFN2O3. The molecule has 1 aromatic rings. The van der Waals surface area contributed by atoms with Gasteiger partial charge in [-0.05, 0) is 31.0 Å². The normalized spacial score (nSPS) is 21.0. The van der Waals surface area contributed by atoms with E-state index in [-0.39, 0.29) is 10.7 Å². The average molecular weight is 311 g/mol. The summed E-state index contributed by atoms with van der Waals surface area (Å²) in [6, 6.07) is 2.52. The van der Waals surface area contributed by atoms with Crippen LogP contribution in [0.2, 0.25) is 5.02 Å². The van der Waals surface area contributed by atoms with E-state index in [1.54, 1.807) is 0 Å².